The first kappa shape index (κ1) is 26.4. The molecule has 5 rings (SSSR count). The van der Waals surface area contributed by atoms with Crippen LogP contribution in [0.1, 0.15) is 17.2 Å². The van der Waals surface area contributed by atoms with Gasteiger partial charge in [-0.25, -0.2) is 0 Å². The largest absolute Gasteiger partial charge is 0.483 e. The Bertz CT molecular complexity index is 1350. The molecule has 0 bridgehead atoms. The van der Waals surface area contributed by atoms with E-state index in [0.717, 1.165) is 37.3 Å². The van der Waals surface area contributed by atoms with Gasteiger partial charge < -0.3 is 15.3 Å². The second kappa shape index (κ2) is 12.0. The van der Waals surface area contributed by atoms with Crippen molar-refractivity contribution in [2.75, 3.05) is 33.2 Å². The highest BCUT2D eigenvalue weighted by molar-refractivity contribution is 7.26. The van der Waals surface area contributed by atoms with Crippen LogP contribution in [0.3, 0.4) is 0 Å². The summed E-state index contributed by atoms with van der Waals surface area (Å²) < 4.78 is 2.43. The van der Waals surface area contributed by atoms with Crippen molar-refractivity contribution in [3.05, 3.63) is 81.8 Å². The molecule has 0 spiro atoms. The lowest BCUT2D eigenvalue weighted by Crippen LogP contribution is -2.49. The summed E-state index contributed by atoms with van der Waals surface area (Å²) in [5.41, 5.74) is 1.96. The van der Waals surface area contributed by atoms with Gasteiger partial charge in [0.15, 0.2) is 0 Å². The number of carbonyl (C=O) groups excluding carboxylic acids is 1. The fraction of sp³-hybridized carbons (Fsp3) is 0.259. The zero-order valence-corrected chi connectivity index (χ0v) is 22.1. The van der Waals surface area contributed by atoms with Crippen molar-refractivity contribution in [2.45, 2.75) is 12.6 Å². The van der Waals surface area contributed by atoms with E-state index < -0.39 is 0 Å². The van der Waals surface area contributed by atoms with Gasteiger partial charge in [0.25, 0.3) is 6.47 Å². The third kappa shape index (κ3) is 5.99. The molecule has 188 valence electrons. The van der Waals surface area contributed by atoms with E-state index in [0.29, 0.717) is 16.6 Å². The molecule has 2 N–H and O–H groups in total. The Morgan fingerprint density at radius 2 is 1.67 bits per heavy atom. The zero-order chi connectivity index (χ0) is 25.7. The van der Waals surface area contributed by atoms with Crippen molar-refractivity contribution in [1.82, 2.24) is 15.1 Å². The molecule has 1 aliphatic rings. The Balaban J connectivity index is 0.000000967. The fourth-order valence-corrected chi connectivity index (χ4v) is 6.38. The van der Waals surface area contributed by atoms with Crippen LogP contribution in [0.2, 0.25) is 10.0 Å². The standard InChI is InChI=1S/C26H25Cl2N3OS.CH2O2/c1-30-9-11-31(12-10-30)24(26(32)29-16-17-13-18(27)15-19(28)14-17)22-7-4-6-21-20-5-2-3-8-23(20)33-25(21)22;2-1-3/h2-8,13-15,24H,9-12,16H2,1H3,(H,29,32);1H,(H,2,3). The monoisotopic (exact) mass is 543 g/mol. The maximum Gasteiger partial charge on any atom is 0.290 e. The van der Waals surface area contributed by atoms with Gasteiger partial charge in [-0.1, -0.05) is 59.6 Å². The van der Waals surface area contributed by atoms with E-state index in [1.165, 1.54) is 20.2 Å². The summed E-state index contributed by atoms with van der Waals surface area (Å²) >= 11 is 14.1. The van der Waals surface area contributed by atoms with Crippen molar-refractivity contribution in [3.8, 4) is 0 Å². The first-order chi connectivity index (χ1) is 17.4. The van der Waals surface area contributed by atoms with Gasteiger partial charge in [0.05, 0.1) is 0 Å². The average molecular weight is 545 g/mol. The predicted molar refractivity (Wildman–Crippen MR) is 148 cm³/mol. The number of amides is 1. The van der Waals surface area contributed by atoms with E-state index in [4.69, 9.17) is 33.1 Å². The van der Waals surface area contributed by atoms with Crippen LogP contribution in [-0.4, -0.2) is 60.5 Å². The minimum atomic E-state index is -0.356. The third-order valence-corrected chi connectivity index (χ3v) is 7.94. The van der Waals surface area contributed by atoms with E-state index in [1.807, 2.05) is 12.1 Å². The van der Waals surface area contributed by atoms with E-state index in [2.05, 4.69) is 64.6 Å². The number of benzene rings is 3. The van der Waals surface area contributed by atoms with Crippen LogP contribution in [0.25, 0.3) is 20.2 Å². The molecular weight excluding hydrogens is 517 g/mol. The number of thiophene rings is 1. The SMILES string of the molecule is CN1CCN(C(C(=O)NCc2cc(Cl)cc(Cl)c2)c2cccc3c2sc2ccccc23)CC1.O=CO. The van der Waals surface area contributed by atoms with E-state index in [-0.39, 0.29) is 18.4 Å². The van der Waals surface area contributed by atoms with Crippen molar-refractivity contribution in [3.63, 3.8) is 0 Å². The van der Waals surface area contributed by atoms with Crippen LogP contribution in [0.5, 0.6) is 0 Å². The maximum absolute atomic E-state index is 13.7. The third-order valence-electron chi connectivity index (χ3n) is 6.27. The number of halogens is 2. The topological polar surface area (TPSA) is 72.9 Å². The lowest BCUT2D eigenvalue weighted by molar-refractivity contribution is -0.127. The number of piperazine rings is 1. The summed E-state index contributed by atoms with van der Waals surface area (Å²) in [7, 11) is 2.13. The minimum Gasteiger partial charge on any atom is -0.483 e. The predicted octanol–water partition coefficient (Wildman–Crippen LogP) is 5.67. The van der Waals surface area contributed by atoms with Gasteiger partial charge in [0.2, 0.25) is 5.91 Å². The number of nitrogens with one attached hydrogen (secondary N) is 1. The van der Waals surface area contributed by atoms with E-state index in [1.54, 1.807) is 17.4 Å². The summed E-state index contributed by atoms with van der Waals surface area (Å²) in [6.45, 7) is 3.70. The quantitative estimate of drug-likeness (QED) is 0.317. The molecule has 1 atom stereocenters. The van der Waals surface area contributed by atoms with E-state index >= 15 is 0 Å². The van der Waals surface area contributed by atoms with Crippen LogP contribution >= 0.6 is 34.5 Å². The van der Waals surface area contributed by atoms with Gasteiger partial charge in [0.1, 0.15) is 6.04 Å². The van der Waals surface area contributed by atoms with Gasteiger partial charge in [-0.05, 0) is 42.4 Å². The van der Waals surface area contributed by atoms with Crippen molar-refractivity contribution < 1.29 is 14.7 Å². The van der Waals surface area contributed by atoms with Crippen LogP contribution in [0.15, 0.2) is 60.7 Å². The number of nitrogens with zero attached hydrogens (tertiary/aromatic N) is 2. The van der Waals surface area contributed by atoms with Crippen LogP contribution < -0.4 is 5.32 Å². The molecule has 3 aromatic carbocycles. The summed E-state index contributed by atoms with van der Waals surface area (Å²) in [6, 6.07) is 19.8. The molecular formula is C27H27Cl2N3O3S. The normalized spacial score (nSPS) is 15.3. The zero-order valence-electron chi connectivity index (χ0n) is 19.8. The number of carboxylic acid groups (broad SMARTS) is 1. The lowest BCUT2D eigenvalue weighted by Gasteiger charge is -2.37. The molecule has 0 radical (unpaired) electrons. The molecule has 6 nitrogen and oxygen atoms in total. The second-order valence-corrected chi connectivity index (χ2v) is 10.6. The molecule has 1 unspecified atom stereocenters. The summed E-state index contributed by atoms with van der Waals surface area (Å²) in [4.78, 5) is 26.7. The Morgan fingerprint density at radius 1 is 1.03 bits per heavy atom. The van der Waals surface area contributed by atoms with E-state index in [9.17, 15) is 4.79 Å². The Hall–Kier alpha value is -2.68. The fourth-order valence-electron chi connectivity index (χ4n) is 4.57. The van der Waals surface area contributed by atoms with Crippen LogP contribution in [-0.2, 0) is 16.1 Å². The van der Waals surface area contributed by atoms with Gasteiger partial charge in [0, 0.05) is 62.9 Å². The lowest BCUT2D eigenvalue weighted by atomic mass is 10.0. The molecule has 1 fully saturated rings. The molecule has 1 aromatic heterocycles. The highest BCUT2D eigenvalue weighted by Gasteiger charge is 2.31. The molecule has 0 aliphatic carbocycles. The molecule has 1 amide bonds. The molecule has 1 saturated heterocycles. The van der Waals surface area contributed by atoms with Crippen LogP contribution in [0.4, 0.5) is 0 Å². The molecule has 4 aromatic rings. The average Bonchev–Trinajstić information content (AvgIpc) is 3.24. The number of hydrogen-bond donors (Lipinski definition) is 2. The second-order valence-electron chi connectivity index (χ2n) is 8.66. The first-order valence-electron chi connectivity index (χ1n) is 11.5. The van der Waals surface area contributed by atoms with Gasteiger partial charge in [-0.15, -0.1) is 11.3 Å². The maximum atomic E-state index is 13.7. The van der Waals surface area contributed by atoms with Crippen LogP contribution in [0, 0.1) is 0 Å². The Labute approximate surface area is 224 Å². The number of carbonyl (C=O) groups is 2. The first-order valence-corrected chi connectivity index (χ1v) is 13.1. The molecule has 0 saturated carbocycles. The highest BCUT2D eigenvalue weighted by atomic mass is 35.5. The summed E-state index contributed by atoms with van der Waals surface area (Å²) in [6.07, 6.45) is 0. The summed E-state index contributed by atoms with van der Waals surface area (Å²) in [5.74, 6) is 0.000562. The Morgan fingerprint density at radius 3 is 2.36 bits per heavy atom. The van der Waals surface area contributed by atoms with Crippen molar-refractivity contribution in [2.24, 2.45) is 0 Å². The minimum absolute atomic E-state index is 0.000562. The van der Waals surface area contributed by atoms with Crippen molar-refractivity contribution >= 4 is 67.1 Å². The number of rotatable bonds is 5. The number of hydrogen-bond acceptors (Lipinski definition) is 5. The number of likely N-dealkylation sites (N-methyl/N-ethyl adjacent to an activating group) is 1. The smallest absolute Gasteiger partial charge is 0.290 e. The van der Waals surface area contributed by atoms with Crippen molar-refractivity contribution in [1.29, 1.82) is 0 Å². The summed E-state index contributed by atoms with van der Waals surface area (Å²) in [5, 5.41) is 13.6. The van der Waals surface area contributed by atoms with Gasteiger partial charge >= 0.3 is 0 Å². The molecule has 36 heavy (non-hydrogen) atoms. The molecule has 2 heterocycles. The van der Waals surface area contributed by atoms with Gasteiger partial charge in [-0.3, -0.25) is 14.5 Å². The molecule has 1 aliphatic heterocycles. The highest BCUT2D eigenvalue weighted by Crippen LogP contribution is 2.39. The number of fused-ring (bicyclic) bond motifs is 3. The Kier molecular flexibility index (Phi) is 8.82. The van der Waals surface area contributed by atoms with Gasteiger partial charge in [-0.2, -0.15) is 0 Å². The molecule has 9 heteroatoms.